The smallest absolute Gasteiger partial charge is 0.143 e. The minimum Gasteiger partial charge on any atom is -0.497 e. The lowest BCUT2D eigenvalue weighted by molar-refractivity contribution is -0.132. The summed E-state index contributed by atoms with van der Waals surface area (Å²) < 4.78 is 5.27. The number of hydrogen-bond acceptors (Lipinski definition) is 2. The van der Waals surface area contributed by atoms with Crippen molar-refractivity contribution in [2.45, 2.75) is 37.5 Å². The molecule has 2 heteroatoms. The molecular formula is C14H16O2. The van der Waals surface area contributed by atoms with E-state index in [4.69, 9.17) is 4.74 Å². The quantitative estimate of drug-likeness (QED) is 0.721. The van der Waals surface area contributed by atoms with Gasteiger partial charge in [0.25, 0.3) is 0 Å². The molecule has 0 saturated heterocycles. The molecule has 1 unspecified atom stereocenters. The second kappa shape index (κ2) is 3.34. The fourth-order valence-corrected chi connectivity index (χ4v) is 3.14. The van der Waals surface area contributed by atoms with Gasteiger partial charge in [0.05, 0.1) is 12.5 Å². The SMILES string of the molecule is COc1ccc2c(c1)C1(CCC2)CCC1=O. The van der Waals surface area contributed by atoms with Crippen LogP contribution in [0.1, 0.15) is 36.8 Å². The summed E-state index contributed by atoms with van der Waals surface area (Å²) in [5, 5.41) is 0. The molecule has 2 nitrogen and oxygen atoms in total. The van der Waals surface area contributed by atoms with Gasteiger partial charge >= 0.3 is 0 Å². The van der Waals surface area contributed by atoms with E-state index in [9.17, 15) is 4.79 Å². The molecule has 84 valence electrons. The number of benzene rings is 1. The molecule has 1 atom stereocenters. The van der Waals surface area contributed by atoms with E-state index in [1.807, 2.05) is 6.07 Å². The number of ketones is 1. The first-order valence-electron chi connectivity index (χ1n) is 5.97. The molecule has 16 heavy (non-hydrogen) atoms. The molecule has 1 spiro atoms. The minimum absolute atomic E-state index is 0.137. The maximum atomic E-state index is 11.9. The van der Waals surface area contributed by atoms with Crippen LogP contribution in [0.15, 0.2) is 18.2 Å². The predicted molar refractivity (Wildman–Crippen MR) is 61.9 cm³/mol. The summed E-state index contributed by atoms with van der Waals surface area (Å²) >= 11 is 0. The summed E-state index contributed by atoms with van der Waals surface area (Å²) in [6.07, 6.45) is 5.08. The van der Waals surface area contributed by atoms with Gasteiger partial charge in [-0.1, -0.05) is 6.07 Å². The predicted octanol–water partition coefficient (Wildman–Crippen LogP) is 2.63. The molecule has 3 rings (SSSR count). The van der Waals surface area contributed by atoms with Crippen LogP contribution >= 0.6 is 0 Å². The average molecular weight is 216 g/mol. The Morgan fingerprint density at radius 3 is 2.75 bits per heavy atom. The number of rotatable bonds is 1. The molecule has 0 bridgehead atoms. The van der Waals surface area contributed by atoms with Gasteiger partial charge in [-0.3, -0.25) is 4.79 Å². The number of hydrogen-bond donors (Lipinski definition) is 0. The van der Waals surface area contributed by atoms with E-state index in [1.54, 1.807) is 7.11 Å². The van der Waals surface area contributed by atoms with E-state index < -0.39 is 0 Å². The van der Waals surface area contributed by atoms with Crippen molar-refractivity contribution >= 4 is 5.78 Å². The number of methoxy groups -OCH3 is 1. The lowest BCUT2D eigenvalue weighted by Gasteiger charge is -2.44. The Labute approximate surface area is 95.6 Å². The third-order valence-corrected chi connectivity index (χ3v) is 4.19. The molecule has 0 radical (unpaired) electrons. The largest absolute Gasteiger partial charge is 0.497 e. The summed E-state index contributed by atoms with van der Waals surface area (Å²) in [6.45, 7) is 0. The number of fused-ring (bicyclic) bond motifs is 2. The normalized spacial score (nSPS) is 27.4. The van der Waals surface area contributed by atoms with Crippen LogP contribution in [0.3, 0.4) is 0 Å². The highest BCUT2D eigenvalue weighted by atomic mass is 16.5. The molecule has 0 heterocycles. The first-order chi connectivity index (χ1) is 7.76. The van der Waals surface area contributed by atoms with E-state index >= 15 is 0 Å². The number of aryl methyl sites for hydroxylation is 1. The van der Waals surface area contributed by atoms with Crippen molar-refractivity contribution in [2.75, 3.05) is 7.11 Å². The second-order valence-corrected chi connectivity index (χ2v) is 4.88. The zero-order chi connectivity index (χ0) is 11.2. The van der Waals surface area contributed by atoms with Crippen LogP contribution in [0.25, 0.3) is 0 Å². The molecule has 0 aromatic heterocycles. The van der Waals surface area contributed by atoms with Gasteiger partial charge in [0.1, 0.15) is 11.5 Å². The summed E-state index contributed by atoms with van der Waals surface area (Å²) in [4.78, 5) is 11.9. The maximum absolute atomic E-state index is 11.9. The van der Waals surface area contributed by atoms with Crippen LogP contribution in [-0.2, 0) is 16.6 Å². The first-order valence-corrected chi connectivity index (χ1v) is 5.97. The van der Waals surface area contributed by atoms with Crippen molar-refractivity contribution in [2.24, 2.45) is 0 Å². The fraction of sp³-hybridized carbons (Fsp3) is 0.500. The summed E-state index contributed by atoms with van der Waals surface area (Å²) in [5.74, 6) is 1.31. The Bertz CT molecular complexity index is 450. The first kappa shape index (κ1) is 9.88. The Hall–Kier alpha value is -1.31. The van der Waals surface area contributed by atoms with Crippen molar-refractivity contribution in [3.8, 4) is 5.75 Å². The van der Waals surface area contributed by atoms with E-state index in [2.05, 4.69) is 12.1 Å². The summed E-state index contributed by atoms with van der Waals surface area (Å²) in [5.41, 5.74) is 2.46. The van der Waals surface area contributed by atoms with Gasteiger partial charge in [0, 0.05) is 6.42 Å². The van der Waals surface area contributed by atoms with Gasteiger partial charge in [-0.15, -0.1) is 0 Å². The minimum atomic E-state index is -0.137. The molecule has 2 aliphatic carbocycles. The molecule has 1 aromatic rings. The van der Waals surface area contributed by atoms with Gasteiger partial charge in [0.15, 0.2) is 0 Å². The fourth-order valence-electron chi connectivity index (χ4n) is 3.14. The Kier molecular flexibility index (Phi) is 2.06. The van der Waals surface area contributed by atoms with Crippen molar-refractivity contribution in [3.05, 3.63) is 29.3 Å². The number of carbonyl (C=O) groups is 1. The zero-order valence-corrected chi connectivity index (χ0v) is 9.58. The van der Waals surface area contributed by atoms with Crippen LogP contribution in [0.4, 0.5) is 0 Å². The molecule has 2 aliphatic rings. The standard InChI is InChI=1S/C14H16O2/c1-16-11-5-4-10-3-2-7-14(12(10)9-11)8-6-13(14)15/h4-5,9H,2-3,6-8H2,1H3. The highest BCUT2D eigenvalue weighted by molar-refractivity contribution is 5.96. The van der Waals surface area contributed by atoms with E-state index in [-0.39, 0.29) is 5.41 Å². The van der Waals surface area contributed by atoms with E-state index in [0.717, 1.165) is 37.9 Å². The van der Waals surface area contributed by atoms with Crippen LogP contribution in [0.5, 0.6) is 5.75 Å². The Balaban J connectivity index is 2.13. The molecule has 0 amide bonds. The maximum Gasteiger partial charge on any atom is 0.143 e. The zero-order valence-electron chi connectivity index (χ0n) is 9.58. The number of Topliss-reactive ketones (excluding diaryl/α,β-unsaturated/α-hetero) is 1. The highest BCUT2D eigenvalue weighted by Gasteiger charge is 2.49. The van der Waals surface area contributed by atoms with Gasteiger partial charge in [-0.05, 0) is 48.9 Å². The molecule has 1 saturated carbocycles. The van der Waals surface area contributed by atoms with E-state index in [0.29, 0.717) is 5.78 Å². The van der Waals surface area contributed by atoms with Crippen molar-refractivity contribution in [1.82, 2.24) is 0 Å². The number of carbonyl (C=O) groups excluding carboxylic acids is 1. The van der Waals surface area contributed by atoms with Crippen molar-refractivity contribution in [1.29, 1.82) is 0 Å². The van der Waals surface area contributed by atoms with E-state index in [1.165, 1.54) is 11.1 Å². The third kappa shape index (κ3) is 1.16. The van der Waals surface area contributed by atoms with Gasteiger partial charge in [-0.25, -0.2) is 0 Å². The molecule has 0 aliphatic heterocycles. The second-order valence-electron chi connectivity index (χ2n) is 4.88. The van der Waals surface area contributed by atoms with Crippen molar-refractivity contribution < 1.29 is 9.53 Å². The lowest BCUT2D eigenvalue weighted by atomic mass is 9.57. The Morgan fingerprint density at radius 2 is 2.12 bits per heavy atom. The topological polar surface area (TPSA) is 26.3 Å². The summed E-state index contributed by atoms with van der Waals surface area (Å²) in [6, 6.07) is 6.20. The van der Waals surface area contributed by atoms with Crippen LogP contribution < -0.4 is 4.74 Å². The highest BCUT2D eigenvalue weighted by Crippen LogP contribution is 2.49. The van der Waals surface area contributed by atoms with Crippen LogP contribution in [0.2, 0.25) is 0 Å². The Morgan fingerprint density at radius 1 is 1.25 bits per heavy atom. The van der Waals surface area contributed by atoms with Crippen LogP contribution in [-0.4, -0.2) is 12.9 Å². The molecule has 1 fully saturated rings. The van der Waals surface area contributed by atoms with Crippen molar-refractivity contribution in [3.63, 3.8) is 0 Å². The van der Waals surface area contributed by atoms with Gasteiger partial charge in [0.2, 0.25) is 0 Å². The van der Waals surface area contributed by atoms with Gasteiger partial charge in [-0.2, -0.15) is 0 Å². The summed E-state index contributed by atoms with van der Waals surface area (Å²) in [7, 11) is 1.68. The van der Waals surface area contributed by atoms with Crippen LogP contribution in [0, 0.1) is 0 Å². The molecule has 1 aromatic carbocycles. The number of ether oxygens (including phenoxy) is 1. The third-order valence-electron chi connectivity index (χ3n) is 4.19. The lowest BCUT2D eigenvalue weighted by Crippen LogP contribution is -2.47. The molecule has 0 N–H and O–H groups in total. The molecular weight excluding hydrogens is 200 g/mol. The van der Waals surface area contributed by atoms with Gasteiger partial charge < -0.3 is 4.74 Å². The average Bonchev–Trinajstić information content (AvgIpc) is 2.35. The monoisotopic (exact) mass is 216 g/mol.